The van der Waals surface area contributed by atoms with Gasteiger partial charge in [-0.25, -0.2) is 15.0 Å². The molecule has 3 N–H and O–H groups in total. The minimum atomic E-state index is -4.57. The molecule has 0 radical (unpaired) electrons. The van der Waals surface area contributed by atoms with Gasteiger partial charge in [-0.3, -0.25) is 9.78 Å². The summed E-state index contributed by atoms with van der Waals surface area (Å²) >= 11 is 0. The van der Waals surface area contributed by atoms with Gasteiger partial charge in [0.2, 0.25) is 0 Å². The van der Waals surface area contributed by atoms with Crippen LogP contribution in [0.1, 0.15) is 44.0 Å². The van der Waals surface area contributed by atoms with Crippen molar-refractivity contribution in [3.05, 3.63) is 82.1 Å². The number of anilines is 2. The van der Waals surface area contributed by atoms with Crippen LogP contribution in [0.15, 0.2) is 42.9 Å². The molecule has 1 aromatic carbocycles. The molecular formula is C27H24F3N7O. The van der Waals surface area contributed by atoms with E-state index in [-0.39, 0.29) is 29.2 Å². The number of rotatable bonds is 4. The predicted molar refractivity (Wildman–Crippen MR) is 138 cm³/mol. The number of alkyl halides is 3. The third-order valence-corrected chi connectivity index (χ3v) is 5.64. The van der Waals surface area contributed by atoms with Crippen molar-refractivity contribution < 1.29 is 18.0 Å². The minimum Gasteiger partial charge on any atom is -0.383 e. The fourth-order valence-corrected chi connectivity index (χ4v) is 3.70. The summed E-state index contributed by atoms with van der Waals surface area (Å²) in [4.78, 5) is 31.7. The lowest BCUT2D eigenvalue weighted by molar-refractivity contribution is -0.138. The molecule has 4 rings (SSSR count). The van der Waals surface area contributed by atoms with Crippen molar-refractivity contribution in [3.63, 3.8) is 0 Å². The zero-order valence-corrected chi connectivity index (χ0v) is 21.1. The van der Waals surface area contributed by atoms with Crippen LogP contribution in [0.5, 0.6) is 0 Å². The number of nitrogen functional groups attached to an aromatic ring is 1. The number of aryl methyl sites for hydroxylation is 2. The van der Waals surface area contributed by atoms with Crippen molar-refractivity contribution in [3.8, 4) is 11.8 Å². The Morgan fingerprint density at radius 1 is 1.05 bits per heavy atom. The quantitative estimate of drug-likeness (QED) is 0.386. The van der Waals surface area contributed by atoms with Crippen molar-refractivity contribution in [1.29, 1.82) is 0 Å². The molecule has 0 atom stereocenters. The summed E-state index contributed by atoms with van der Waals surface area (Å²) in [5, 5.41) is 2.51. The molecule has 0 saturated heterocycles. The lowest BCUT2D eigenvalue weighted by Crippen LogP contribution is -2.18. The monoisotopic (exact) mass is 519 g/mol. The first-order valence-electron chi connectivity index (χ1n) is 11.4. The van der Waals surface area contributed by atoms with E-state index >= 15 is 0 Å². The second-order valence-corrected chi connectivity index (χ2v) is 8.92. The predicted octanol–water partition coefficient (Wildman–Crippen LogP) is 4.35. The second-order valence-electron chi connectivity index (χ2n) is 8.92. The Balaban J connectivity index is 1.61. The highest BCUT2D eigenvalue weighted by Crippen LogP contribution is 2.34. The minimum absolute atomic E-state index is 0.0140. The molecule has 0 aliphatic rings. The fourth-order valence-electron chi connectivity index (χ4n) is 3.70. The Morgan fingerprint density at radius 3 is 2.50 bits per heavy atom. The molecule has 0 spiro atoms. The first kappa shape index (κ1) is 26.5. The van der Waals surface area contributed by atoms with Gasteiger partial charge in [0.1, 0.15) is 16.9 Å². The molecule has 0 unspecified atom stereocenters. The molecule has 8 nitrogen and oxygen atoms in total. The van der Waals surface area contributed by atoms with Crippen LogP contribution in [-0.2, 0) is 12.7 Å². The van der Waals surface area contributed by atoms with Gasteiger partial charge in [0.15, 0.2) is 0 Å². The zero-order valence-electron chi connectivity index (χ0n) is 21.1. The molecule has 194 valence electrons. The van der Waals surface area contributed by atoms with Crippen LogP contribution < -0.4 is 11.1 Å². The summed E-state index contributed by atoms with van der Waals surface area (Å²) in [5.41, 5.74) is 8.81. The van der Waals surface area contributed by atoms with Gasteiger partial charge in [-0.1, -0.05) is 17.9 Å². The number of pyridine rings is 2. The molecule has 1 amide bonds. The summed E-state index contributed by atoms with van der Waals surface area (Å²) in [6.07, 6.45) is -0.281. The number of carbonyl (C=O) groups excluding carboxylic acids is 1. The molecule has 38 heavy (non-hydrogen) atoms. The first-order chi connectivity index (χ1) is 17.9. The van der Waals surface area contributed by atoms with Crippen LogP contribution in [0, 0.1) is 25.7 Å². The highest BCUT2D eigenvalue weighted by atomic mass is 19.4. The number of hydrogen-bond donors (Lipinski definition) is 2. The standard InChI is InChI=1S/C27H24F3N7O/c1-15-16(2)35-24-21(25(31)33-13-23(24)34-15)8-5-17-9-19(12-32-11-17)26(38)36-20-7-6-18(14-37(3)4)22(10-20)27(28,29)30/h6-7,9-13H,14H2,1-4H3,(H2,31,33)(H,36,38). The fraction of sp³-hybridized carbons (Fsp3) is 0.222. The van der Waals surface area contributed by atoms with Gasteiger partial charge in [-0.05, 0) is 51.7 Å². The smallest absolute Gasteiger partial charge is 0.383 e. The number of carbonyl (C=O) groups is 1. The second kappa shape index (κ2) is 10.4. The maximum atomic E-state index is 13.6. The van der Waals surface area contributed by atoms with Crippen LogP contribution in [0.25, 0.3) is 11.0 Å². The van der Waals surface area contributed by atoms with Crippen LogP contribution in [0.2, 0.25) is 0 Å². The third kappa shape index (κ3) is 5.87. The maximum Gasteiger partial charge on any atom is 0.416 e. The summed E-state index contributed by atoms with van der Waals surface area (Å²) in [5.74, 6) is 5.40. The van der Waals surface area contributed by atoms with E-state index in [0.717, 1.165) is 17.5 Å². The third-order valence-electron chi connectivity index (χ3n) is 5.64. The maximum absolute atomic E-state index is 13.6. The van der Waals surface area contributed by atoms with Gasteiger partial charge in [-0.15, -0.1) is 0 Å². The molecule has 3 aromatic heterocycles. The average Bonchev–Trinajstić information content (AvgIpc) is 2.84. The summed E-state index contributed by atoms with van der Waals surface area (Å²) < 4.78 is 40.8. The highest BCUT2D eigenvalue weighted by Gasteiger charge is 2.33. The molecule has 4 aromatic rings. The van der Waals surface area contributed by atoms with Crippen molar-refractivity contribution in [2.75, 3.05) is 25.1 Å². The van der Waals surface area contributed by atoms with E-state index in [2.05, 4.69) is 37.1 Å². The SMILES string of the molecule is Cc1nc2cnc(N)c(C#Cc3cncc(C(=O)Nc4ccc(CN(C)C)c(C(F)(F)F)c4)c3)c2nc1C. The van der Waals surface area contributed by atoms with Crippen LogP contribution in [0.3, 0.4) is 0 Å². The zero-order chi connectivity index (χ0) is 27.6. The highest BCUT2D eigenvalue weighted by molar-refractivity contribution is 6.04. The number of aromatic nitrogens is 4. The van der Waals surface area contributed by atoms with Crippen LogP contribution >= 0.6 is 0 Å². The van der Waals surface area contributed by atoms with E-state index in [1.54, 1.807) is 19.0 Å². The Bertz CT molecular complexity index is 1600. The molecule has 0 aliphatic carbocycles. The summed E-state index contributed by atoms with van der Waals surface area (Å²) in [7, 11) is 3.36. The lowest BCUT2D eigenvalue weighted by atomic mass is 10.1. The van der Waals surface area contributed by atoms with Gasteiger partial charge in [-0.2, -0.15) is 13.2 Å². The number of nitrogens with one attached hydrogen (secondary N) is 1. The van der Waals surface area contributed by atoms with Crippen molar-refractivity contribution in [2.24, 2.45) is 0 Å². The largest absolute Gasteiger partial charge is 0.416 e. The average molecular weight is 520 g/mol. The molecular weight excluding hydrogens is 495 g/mol. The molecule has 0 fully saturated rings. The van der Waals surface area contributed by atoms with Gasteiger partial charge in [0, 0.05) is 30.2 Å². The van der Waals surface area contributed by atoms with Crippen LogP contribution in [-0.4, -0.2) is 44.8 Å². The van der Waals surface area contributed by atoms with E-state index < -0.39 is 17.6 Å². The Kier molecular flexibility index (Phi) is 7.28. The number of nitrogens with two attached hydrogens (primary N) is 1. The van der Waals surface area contributed by atoms with Gasteiger partial charge in [0.05, 0.1) is 34.3 Å². The number of halogens is 3. The topological polar surface area (TPSA) is 110 Å². The number of amides is 1. The van der Waals surface area contributed by atoms with Crippen molar-refractivity contribution >= 4 is 28.4 Å². The van der Waals surface area contributed by atoms with E-state index in [0.29, 0.717) is 22.2 Å². The molecule has 3 heterocycles. The lowest BCUT2D eigenvalue weighted by Gasteiger charge is -2.17. The Morgan fingerprint density at radius 2 is 1.79 bits per heavy atom. The number of fused-ring (bicyclic) bond motifs is 1. The molecule has 0 saturated carbocycles. The number of nitrogens with zero attached hydrogens (tertiary/aromatic N) is 5. The number of hydrogen-bond acceptors (Lipinski definition) is 7. The van der Waals surface area contributed by atoms with E-state index in [9.17, 15) is 18.0 Å². The normalized spacial score (nSPS) is 11.4. The van der Waals surface area contributed by atoms with Gasteiger partial charge >= 0.3 is 6.18 Å². The van der Waals surface area contributed by atoms with Gasteiger partial charge < -0.3 is 16.0 Å². The van der Waals surface area contributed by atoms with Crippen molar-refractivity contribution in [1.82, 2.24) is 24.8 Å². The van der Waals surface area contributed by atoms with Crippen LogP contribution in [0.4, 0.5) is 24.7 Å². The van der Waals surface area contributed by atoms with E-state index in [1.807, 2.05) is 13.8 Å². The summed E-state index contributed by atoms with van der Waals surface area (Å²) in [6.45, 7) is 3.78. The molecule has 0 aliphatic heterocycles. The van der Waals surface area contributed by atoms with Crippen molar-refractivity contribution in [2.45, 2.75) is 26.6 Å². The Hall–Kier alpha value is -4.56. The first-order valence-corrected chi connectivity index (χ1v) is 11.4. The van der Waals surface area contributed by atoms with E-state index in [1.165, 1.54) is 36.8 Å². The number of benzene rings is 1. The van der Waals surface area contributed by atoms with E-state index in [4.69, 9.17) is 5.73 Å². The molecule has 0 bridgehead atoms. The summed E-state index contributed by atoms with van der Waals surface area (Å²) in [6, 6.07) is 5.20. The van der Waals surface area contributed by atoms with Gasteiger partial charge in [0.25, 0.3) is 5.91 Å². The Labute approximate surface area is 217 Å². The molecule has 11 heteroatoms.